The highest BCUT2D eigenvalue weighted by Crippen LogP contribution is 2.25. The van der Waals surface area contributed by atoms with Gasteiger partial charge in [-0.1, -0.05) is 6.07 Å². The van der Waals surface area contributed by atoms with Gasteiger partial charge < -0.3 is 5.32 Å². The second-order valence-electron chi connectivity index (χ2n) is 6.13. The molecule has 3 rings (SSSR count). The number of carbonyl (C=O) groups is 1. The van der Waals surface area contributed by atoms with Gasteiger partial charge in [0.25, 0.3) is 5.91 Å². The molecule has 1 aliphatic rings. The van der Waals surface area contributed by atoms with Crippen LogP contribution in [0.25, 0.3) is 0 Å². The lowest BCUT2D eigenvalue weighted by Gasteiger charge is -2.14. The molecule has 3 heterocycles. The number of hydrogen-bond donors (Lipinski definition) is 1. The number of nitrogens with zero attached hydrogens (tertiary/aromatic N) is 3. The van der Waals surface area contributed by atoms with Crippen LogP contribution in [-0.2, 0) is 9.84 Å². The van der Waals surface area contributed by atoms with E-state index in [1.807, 2.05) is 19.1 Å². The van der Waals surface area contributed by atoms with Crippen molar-refractivity contribution in [1.29, 1.82) is 0 Å². The Morgan fingerprint density at radius 3 is 2.83 bits per heavy atom. The first-order valence-corrected chi connectivity index (χ1v) is 9.65. The van der Waals surface area contributed by atoms with Crippen molar-refractivity contribution in [3.05, 3.63) is 47.5 Å². The molecule has 24 heavy (non-hydrogen) atoms. The molecule has 7 nitrogen and oxygen atoms in total. The Morgan fingerprint density at radius 2 is 2.21 bits per heavy atom. The summed E-state index contributed by atoms with van der Waals surface area (Å²) >= 11 is 0. The predicted molar refractivity (Wildman–Crippen MR) is 89.4 cm³/mol. The average molecular weight is 348 g/mol. The molecule has 2 aromatic heterocycles. The van der Waals surface area contributed by atoms with E-state index in [4.69, 9.17) is 0 Å². The summed E-state index contributed by atoms with van der Waals surface area (Å²) in [4.78, 5) is 16.6. The molecule has 0 bridgehead atoms. The maximum atomic E-state index is 12.5. The summed E-state index contributed by atoms with van der Waals surface area (Å²) < 4.78 is 24.9. The molecule has 2 aromatic rings. The summed E-state index contributed by atoms with van der Waals surface area (Å²) in [5.74, 6) is 0.0371. The molecular formula is C16H20N4O3S. The molecule has 128 valence electrons. The largest absolute Gasteiger partial charge is 0.345 e. The van der Waals surface area contributed by atoms with E-state index in [0.29, 0.717) is 17.7 Å². The van der Waals surface area contributed by atoms with Crippen LogP contribution in [0.4, 0.5) is 0 Å². The van der Waals surface area contributed by atoms with Crippen molar-refractivity contribution >= 4 is 15.7 Å². The third-order valence-corrected chi connectivity index (χ3v) is 6.13. The summed E-state index contributed by atoms with van der Waals surface area (Å²) in [5, 5.41) is 7.17. The van der Waals surface area contributed by atoms with E-state index in [2.05, 4.69) is 15.4 Å². The van der Waals surface area contributed by atoms with Crippen molar-refractivity contribution in [3.63, 3.8) is 0 Å². The number of rotatable bonds is 4. The lowest BCUT2D eigenvalue weighted by molar-refractivity contribution is 0.0939. The molecule has 8 heteroatoms. The molecule has 0 spiro atoms. The van der Waals surface area contributed by atoms with Crippen LogP contribution in [0, 0.1) is 6.92 Å². The van der Waals surface area contributed by atoms with Gasteiger partial charge in [0.1, 0.15) is 0 Å². The fourth-order valence-corrected chi connectivity index (χ4v) is 4.66. The third-order valence-electron chi connectivity index (χ3n) is 4.38. The van der Waals surface area contributed by atoms with E-state index in [0.717, 1.165) is 5.56 Å². The van der Waals surface area contributed by atoms with E-state index in [9.17, 15) is 13.2 Å². The number of hydrogen-bond acceptors (Lipinski definition) is 5. The Hall–Kier alpha value is -2.22. The Morgan fingerprint density at radius 1 is 1.42 bits per heavy atom. The Balaban J connectivity index is 1.75. The Kier molecular flexibility index (Phi) is 4.40. The number of sulfone groups is 1. The van der Waals surface area contributed by atoms with Gasteiger partial charge in [0.2, 0.25) is 0 Å². The van der Waals surface area contributed by atoms with Crippen LogP contribution in [0.15, 0.2) is 30.7 Å². The zero-order valence-electron chi connectivity index (χ0n) is 13.6. The summed E-state index contributed by atoms with van der Waals surface area (Å²) in [6.45, 7) is 3.68. The minimum absolute atomic E-state index is 0.0860. The number of carbonyl (C=O) groups excluding carboxylic acids is 1. The number of amides is 1. The van der Waals surface area contributed by atoms with Gasteiger partial charge in [0, 0.05) is 18.1 Å². The second kappa shape index (κ2) is 6.35. The van der Waals surface area contributed by atoms with E-state index in [1.165, 1.54) is 6.20 Å². The standard InChI is InChI=1S/C16H20N4O3S/c1-11(13-4-3-6-17-8-13)19-16(21)15-9-18-20(12(15)2)14-5-7-24(22,23)10-14/h3-4,6,8-9,11,14H,5,7,10H2,1-2H3,(H,19,21). The molecular weight excluding hydrogens is 328 g/mol. The highest BCUT2D eigenvalue weighted by molar-refractivity contribution is 7.91. The molecule has 1 fully saturated rings. The topological polar surface area (TPSA) is 93.9 Å². The Bertz CT molecular complexity index is 845. The predicted octanol–water partition coefficient (Wildman–Crippen LogP) is 1.44. The Labute approximate surface area is 141 Å². The normalized spacial score (nSPS) is 20.7. The molecule has 0 saturated carbocycles. The minimum Gasteiger partial charge on any atom is -0.345 e. The van der Waals surface area contributed by atoms with Gasteiger partial charge in [-0.3, -0.25) is 14.5 Å². The summed E-state index contributed by atoms with van der Waals surface area (Å²) in [6, 6.07) is 3.35. The zero-order valence-corrected chi connectivity index (χ0v) is 14.5. The van der Waals surface area contributed by atoms with Gasteiger partial charge in [-0.05, 0) is 31.9 Å². The van der Waals surface area contributed by atoms with E-state index < -0.39 is 9.84 Å². The fraction of sp³-hybridized carbons (Fsp3) is 0.438. The monoisotopic (exact) mass is 348 g/mol. The van der Waals surface area contributed by atoms with Crippen molar-refractivity contribution in [3.8, 4) is 0 Å². The van der Waals surface area contributed by atoms with Crippen molar-refractivity contribution in [2.45, 2.75) is 32.4 Å². The van der Waals surface area contributed by atoms with Crippen LogP contribution in [0.3, 0.4) is 0 Å². The van der Waals surface area contributed by atoms with Gasteiger partial charge in [0.05, 0.1) is 35.3 Å². The molecule has 1 saturated heterocycles. The molecule has 0 radical (unpaired) electrons. The minimum atomic E-state index is -2.99. The van der Waals surface area contributed by atoms with E-state index >= 15 is 0 Å². The van der Waals surface area contributed by atoms with Crippen LogP contribution in [-0.4, -0.2) is 40.6 Å². The van der Waals surface area contributed by atoms with Crippen LogP contribution in [0.2, 0.25) is 0 Å². The molecule has 1 amide bonds. The lowest BCUT2D eigenvalue weighted by atomic mass is 10.1. The number of aromatic nitrogens is 3. The van der Waals surface area contributed by atoms with Gasteiger partial charge >= 0.3 is 0 Å². The van der Waals surface area contributed by atoms with Crippen LogP contribution < -0.4 is 5.32 Å². The first-order valence-electron chi connectivity index (χ1n) is 7.83. The van der Waals surface area contributed by atoms with Gasteiger partial charge in [-0.25, -0.2) is 8.42 Å². The van der Waals surface area contributed by atoms with Crippen LogP contribution in [0.1, 0.15) is 47.0 Å². The van der Waals surface area contributed by atoms with E-state index in [-0.39, 0.29) is 29.5 Å². The van der Waals surface area contributed by atoms with Gasteiger partial charge in [-0.2, -0.15) is 5.10 Å². The maximum absolute atomic E-state index is 12.5. The van der Waals surface area contributed by atoms with Crippen LogP contribution in [0.5, 0.6) is 0 Å². The lowest BCUT2D eigenvalue weighted by Crippen LogP contribution is -2.27. The molecule has 2 unspecified atom stereocenters. The summed E-state index contributed by atoms with van der Waals surface area (Å²) in [6.07, 6.45) is 5.44. The van der Waals surface area contributed by atoms with E-state index in [1.54, 1.807) is 24.0 Å². The smallest absolute Gasteiger partial charge is 0.255 e. The highest BCUT2D eigenvalue weighted by Gasteiger charge is 2.31. The molecule has 1 N–H and O–H groups in total. The molecule has 0 aliphatic carbocycles. The van der Waals surface area contributed by atoms with Crippen LogP contribution >= 0.6 is 0 Å². The van der Waals surface area contributed by atoms with Crippen molar-refractivity contribution in [1.82, 2.24) is 20.1 Å². The zero-order chi connectivity index (χ0) is 17.3. The quantitative estimate of drug-likeness (QED) is 0.902. The van der Waals surface area contributed by atoms with Crippen molar-refractivity contribution in [2.24, 2.45) is 0 Å². The SMILES string of the molecule is Cc1c(C(=O)NC(C)c2cccnc2)cnn1C1CCS(=O)(=O)C1. The second-order valence-corrected chi connectivity index (χ2v) is 8.36. The molecule has 0 aromatic carbocycles. The van der Waals surface area contributed by atoms with Crippen molar-refractivity contribution < 1.29 is 13.2 Å². The van der Waals surface area contributed by atoms with Gasteiger partial charge in [0.15, 0.2) is 9.84 Å². The first-order chi connectivity index (χ1) is 11.4. The number of nitrogens with one attached hydrogen (secondary N) is 1. The fourth-order valence-electron chi connectivity index (χ4n) is 2.97. The molecule has 1 aliphatic heterocycles. The first kappa shape index (κ1) is 16.6. The summed E-state index contributed by atoms with van der Waals surface area (Å²) in [5.41, 5.74) is 2.07. The van der Waals surface area contributed by atoms with Crippen molar-refractivity contribution in [2.75, 3.05) is 11.5 Å². The molecule has 2 atom stereocenters. The highest BCUT2D eigenvalue weighted by atomic mass is 32.2. The average Bonchev–Trinajstić information content (AvgIpc) is 3.10. The summed E-state index contributed by atoms with van der Waals surface area (Å²) in [7, 11) is -2.99. The number of pyridine rings is 1. The van der Waals surface area contributed by atoms with Gasteiger partial charge in [-0.15, -0.1) is 0 Å². The third kappa shape index (κ3) is 3.33. The maximum Gasteiger partial charge on any atom is 0.255 e.